The monoisotopic (exact) mass is 240 g/mol. The molecule has 0 aliphatic rings. The van der Waals surface area contributed by atoms with Gasteiger partial charge < -0.3 is 0 Å². The Morgan fingerprint density at radius 1 is 0.778 bits per heavy atom. The number of hydrogen-bond acceptors (Lipinski definition) is 0. The Bertz CT molecular complexity index is 589. The number of benzene rings is 1. The fourth-order valence-electron chi connectivity index (χ4n) is 2.75. The van der Waals surface area contributed by atoms with E-state index >= 15 is 0 Å². The molecule has 1 aromatic carbocycles. The SMILES string of the molecule is Cc1cccc(C)c1-c1c(C)cc(C)c(C)[n+]1C. The lowest BCUT2D eigenvalue weighted by atomic mass is 9.95. The van der Waals surface area contributed by atoms with Crippen LogP contribution in [-0.2, 0) is 7.05 Å². The first-order chi connectivity index (χ1) is 8.43. The minimum Gasteiger partial charge on any atom is -0.198 e. The second-order valence-corrected chi connectivity index (χ2v) is 5.27. The van der Waals surface area contributed by atoms with E-state index in [1.807, 2.05) is 0 Å². The summed E-state index contributed by atoms with van der Waals surface area (Å²) in [6.07, 6.45) is 0. The Morgan fingerprint density at radius 2 is 1.33 bits per heavy atom. The highest BCUT2D eigenvalue weighted by molar-refractivity contribution is 5.68. The molecule has 0 aliphatic carbocycles. The molecule has 18 heavy (non-hydrogen) atoms. The maximum Gasteiger partial charge on any atom is 0.215 e. The van der Waals surface area contributed by atoms with E-state index in [1.54, 1.807) is 0 Å². The Balaban J connectivity index is 2.84. The van der Waals surface area contributed by atoms with Crippen molar-refractivity contribution in [3.05, 3.63) is 52.2 Å². The van der Waals surface area contributed by atoms with E-state index in [1.165, 1.54) is 39.2 Å². The maximum atomic E-state index is 2.32. The smallest absolute Gasteiger partial charge is 0.198 e. The van der Waals surface area contributed by atoms with Gasteiger partial charge in [0.05, 0.1) is 5.56 Å². The number of rotatable bonds is 1. The molecule has 0 spiro atoms. The summed E-state index contributed by atoms with van der Waals surface area (Å²) in [5, 5.41) is 0. The summed E-state index contributed by atoms with van der Waals surface area (Å²) >= 11 is 0. The molecule has 1 heterocycles. The second-order valence-electron chi connectivity index (χ2n) is 5.27. The van der Waals surface area contributed by atoms with Crippen LogP contribution in [0.2, 0.25) is 0 Å². The van der Waals surface area contributed by atoms with E-state index in [4.69, 9.17) is 0 Å². The molecular weight excluding hydrogens is 218 g/mol. The van der Waals surface area contributed by atoms with Crippen LogP contribution in [0.4, 0.5) is 0 Å². The average Bonchev–Trinajstić information content (AvgIpc) is 2.30. The van der Waals surface area contributed by atoms with Gasteiger partial charge in [0.25, 0.3) is 0 Å². The molecule has 0 radical (unpaired) electrons. The fraction of sp³-hybridized carbons (Fsp3) is 0.353. The Labute approximate surface area is 110 Å². The predicted molar refractivity (Wildman–Crippen MR) is 76.7 cm³/mol. The van der Waals surface area contributed by atoms with Crippen LogP contribution in [0.3, 0.4) is 0 Å². The highest BCUT2D eigenvalue weighted by Crippen LogP contribution is 2.27. The van der Waals surface area contributed by atoms with E-state index < -0.39 is 0 Å². The molecule has 0 fully saturated rings. The molecule has 0 amide bonds. The Kier molecular flexibility index (Phi) is 3.25. The molecule has 0 saturated carbocycles. The topological polar surface area (TPSA) is 3.88 Å². The Morgan fingerprint density at radius 3 is 1.89 bits per heavy atom. The molecule has 2 aromatic rings. The first-order valence-electron chi connectivity index (χ1n) is 6.47. The first-order valence-corrected chi connectivity index (χ1v) is 6.47. The fourth-order valence-corrected chi connectivity index (χ4v) is 2.75. The number of nitrogens with zero attached hydrogens (tertiary/aromatic N) is 1. The third-order valence-electron chi connectivity index (χ3n) is 3.93. The van der Waals surface area contributed by atoms with Crippen LogP contribution in [0.15, 0.2) is 24.3 Å². The van der Waals surface area contributed by atoms with Crippen molar-refractivity contribution in [2.45, 2.75) is 34.6 Å². The van der Waals surface area contributed by atoms with Gasteiger partial charge in [0, 0.05) is 18.1 Å². The van der Waals surface area contributed by atoms with E-state index in [0.29, 0.717) is 0 Å². The van der Waals surface area contributed by atoms with Crippen molar-refractivity contribution in [1.82, 2.24) is 0 Å². The van der Waals surface area contributed by atoms with Gasteiger partial charge in [-0.1, -0.05) is 18.2 Å². The highest BCUT2D eigenvalue weighted by Gasteiger charge is 2.20. The third kappa shape index (κ3) is 1.94. The molecule has 1 nitrogen and oxygen atoms in total. The summed E-state index contributed by atoms with van der Waals surface area (Å²) in [5.41, 5.74) is 9.43. The van der Waals surface area contributed by atoms with Gasteiger partial charge in [-0.3, -0.25) is 0 Å². The minimum atomic E-state index is 1.33. The normalized spacial score (nSPS) is 10.8. The maximum absolute atomic E-state index is 2.32. The molecule has 2 rings (SSSR count). The number of pyridine rings is 1. The molecule has 0 N–H and O–H groups in total. The lowest BCUT2D eigenvalue weighted by Gasteiger charge is -2.12. The van der Waals surface area contributed by atoms with Crippen molar-refractivity contribution in [2.75, 3.05) is 0 Å². The van der Waals surface area contributed by atoms with Gasteiger partial charge in [0.1, 0.15) is 7.05 Å². The van der Waals surface area contributed by atoms with Crippen LogP contribution < -0.4 is 4.57 Å². The molecule has 0 aliphatic heterocycles. The van der Waals surface area contributed by atoms with Crippen LogP contribution >= 0.6 is 0 Å². The molecule has 0 saturated heterocycles. The standard InChI is InChI=1S/C17H22N/c1-11-8-7-9-12(2)16(11)17-14(4)10-13(3)15(5)18(17)6/h7-10H,1-6H3/q+1. The van der Waals surface area contributed by atoms with Gasteiger partial charge in [0.15, 0.2) is 5.69 Å². The summed E-state index contributed by atoms with van der Waals surface area (Å²) < 4.78 is 2.32. The molecule has 0 bridgehead atoms. The second kappa shape index (κ2) is 4.56. The zero-order valence-corrected chi connectivity index (χ0v) is 12.3. The van der Waals surface area contributed by atoms with Gasteiger partial charge in [0.2, 0.25) is 5.69 Å². The Hall–Kier alpha value is -1.63. The lowest BCUT2D eigenvalue weighted by molar-refractivity contribution is -0.667. The zero-order chi connectivity index (χ0) is 13.4. The number of aryl methyl sites for hydroxylation is 4. The van der Waals surface area contributed by atoms with E-state index in [-0.39, 0.29) is 0 Å². The summed E-state index contributed by atoms with van der Waals surface area (Å²) in [4.78, 5) is 0. The van der Waals surface area contributed by atoms with Crippen LogP contribution in [0.5, 0.6) is 0 Å². The van der Waals surface area contributed by atoms with Crippen LogP contribution in [-0.4, -0.2) is 0 Å². The molecule has 1 heteroatoms. The molecule has 94 valence electrons. The van der Waals surface area contributed by atoms with Crippen molar-refractivity contribution in [2.24, 2.45) is 7.05 Å². The summed E-state index contributed by atoms with van der Waals surface area (Å²) in [5.74, 6) is 0. The zero-order valence-electron chi connectivity index (χ0n) is 12.3. The highest BCUT2D eigenvalue weighted by atomic mass is 14.9. The summed E-state index contributed by atoms with van der Waals surface area (Å²) in [7, 11) is 2.16. The van der Waals surface area contributed by atoms with Gasteiger partial charge in [-0.15, -0.1) is 0 Å². The van der Waals surface area contributed by atoms with Crippen molar-refractivity contribution in [3.63, 3.8) is 0 Å². The summed E-state index contributed by atoms with van der Waals surface area (Å²) in [6.45, 7) is 10.9. The van der Waals surface area contributed by atoms with E-state index in [9.17, 15) is 0 Å². The molecule has 0 atom stereocenters. The molecular formula is C17H22N+. The largest absolute Gasteiger partial charge is 0.215 e. The van der Waals surface area contributed by atoms with Crippen LogP contribution in [0, 0.1) is 34.6 Å². The quantitative estimate of drug-likeness (QED) is 0.669. The van der Waals surface area contributed by atoms with Crippen LogP contribution in [0.1, 0.15) is 27.9 Å². The van der Waals surface area contributed by atoms with Crippen molar-refractivity contribution >= 4 is 0 Å². The minimum absolute atomic E-state index is 1.33. The van der Waals surface area contributed by atoms with Crippen molar-refractivity contribution in [3.8, 4) is 11.3 Å². The predicted octanol–water partition coefficient (Wildman–Crippen LogP) is 3.72. The molecule has 0 unspecified atom stereocenters. The first kappa shape index (κ1) is 12.8. The van der Waals surface area contributed by atoms with Gasteiger partial charge in [-0.25, -0.2) is 0 Å². The van der Waals surface area contributed by atoms with Gasteiger partial charge >= 0.3 is 0 Å². The van der Waals surface area contributed by atoms with Crippen molar-refractivity contribution in [1.29, 1.82) is 0 Å². The van der Waals surface area contributed by atoms with Gasteiger partial charge in [-0.2, -0.15) is 4.57 Å². The number of hydrogen-bond donors (Lipinski definition) is 0. The van der Waals surface area contributed by atoms with E-state index in [0.717, 1.165) is 0 Å². The molecule has 1 aromatic heterocycles. The average molecular weight is 240 g/mol. The number of aromatic nitrogens is 1. The lowest BCUT2D eigenvalue weighted by Crippen LogP contribution is -2.36. The van der Waals surface area contributed by atoms with Gasteiger partial charge in [-0.05, 0) is 44.9 Å². The van der Waals surface area contributed by atoms with Crippen molar-refractivity contribution < 1.29 is 4.57 Å². The van der Waals surface area contributed by atoms with Crippen LogP contribution in [0.25, 0.3) is 11.3 Å². The third-order valence-corrected chi connectivity index (χ3v) is 3.93. The van der Waals surface area contributed by atoms with E-state index in [2.05, 4.69) is 70.5 Å². The summed E-state index contributed by atoms with van der Waals surface area (Å²) in [6, 6.07) is 8.80.